The van der Waals surface area contributed by atoms with Gasteiger partial charge < -0.3 is 9.47 Å². The number of hydrogen-bond acceptors (Lipinski definition) is 3. The number of fused-ring (bicyclic) bond motifs is 4. The topological polar surface area (TPSA) is 35.5 Å². The van der Waals surface area contributed by atoms with Crippen molar-refractivity contribution in [3.8, 4) is 0 Å². The molecule has 88 valence electrons. The van der Waals surface area contributed by atoms with E-state index >= 15 is 0 Å². The molecule has 0 amide bonds. The lowest BCUT2D eigenvalue weighted by atomic mass is 9.74. The van der Waals surface area contributed by atoms with Crippen LogP contribution >= 0.6 is 0 Å². The van der Waals surface area contributed by atoms with Crippen LogP contribution in [0.1, 0.15) is 33.1 Å². The third-order valence-electron chi connectivity index (χ3n) is 4.72. The van der Waals surface area contributed by atoms with Gasteiger partial charge in [-0.1, -0.05) is 6.92 Å². The number of hydrogen-bond donors (Lipinski definition) is 0. The van der Waals surface area contributed by atoms with Gasteiger partial charge in [0, 0.05) is 18.9 Å². The molecule has 0 aromatic rings. The van der Waals surface area contributed by atoms with E-state index in [0.29, 0.717) is 6.42 Å². The first-order valence-electron chi connectivity index (χ1n) is 6.00. The van der Waals surface area contributed by atoms with Crippen molar-refractivity contribution in [2.75, 3.05) is 7.11 Å². The summed E-state index contributed by atoms with van der Waals surface area (Å²) in [4.78, 5) is 12.0. The van der Waals surface area contributed by atoms with Gasteiger partial charge in [-0.05, 0) is 30.9 Å². The van der Waals surface area contributed by atoms with Crippen LogP contribution in [0.5, 0.6) is 0 Å². The van der Waals surface area contributed by atoms with Gasteiger partial charge in [0.25, 0.3) is 0 Å². The maximum Gasteiger partial charge on any atom is 0.166 e. The predicted octanol–water partition coefficient (Wildman–Crippen LogP) is 1.86. The van der Waals surface area contributed by atoms with Crippen LogP contribution in [0, 0.1) is 5.41 Å². The van der Waals surface area contributed by atoms with E-state index < -0.39 is 0 Å². The summed E-state index contributed by atoms with van der Waals surface area (Å²) in [6.45, 7) is 4.25. The molecule has 3 heteroatoms. The van der Waals surface area contributed by atoms with Crippen LogP contribution in [0.25, 0.3) is 0 Å². The molecule has 0 spiro atoms. The monoisotopic (exact) mass is 222 g/mol. The fraction of sp³-hybridized carbons (Fsp3) is 0.769. The molecule has 3 aliphatic rings. The van der Waals surface area contributed by atoms with Gasteiger partial charge in [-0.25, -0.2) is 0 Å². The molecule has 0 unspecified atom stereocenters. The summed E-state index contributed by atoms with van der Waals surface area (Å²) in [6.07, 6.45) is 2.85. The number of rotatable bonds is 1. The Kier molecular flexibility index (Phi) is 2.08. The van der Waals surface area contributed by atoms with E-state index in [-0.39, 0.29) is 29.5 Å². The zero-order valence-corrected chi connectivity index (χ0v) is 10.1. The normalized spacial score (nSPS) is 46.4. The molecule has 2 aliphatic heterocycles. The van der Waals surface area contributed by atoms with E-state index in [1.807, 2.05) is 0 Å². The zero-order chi connectivity index (χ0) is 11.5. The highest BCUT2D eigenvalue weighted by atomic mass is 16.5. The molecule has 0 N–H and O–H groups in total. The number of Topliss-reactive ketones (excluding diaryl/α,β-unsaturated/α-hetero) is 1. The Morgan fingerprint density at radius 1 is 1.44 bits per heavy atom. The average Bonchev–Trinajstić information content (AvgIpc) is 2.79. The third-order valence-corrected chi connectivity index (χ3v) is 4.72. The molecule has 2 fully saturated rings. The highest BCUT2D eigenvalue weighted by Crippen LogP contribution is 2.55. The van der Waals surface area contributed by atoms with Crippen LogP contribution in [0.2, 0.25) is 0 Å². The van der Waals surface area contributed by atoms with Crippen molar-refractivity contribution in [1.82, 2.24) is 0 Å². The van der Waals surface area contributed by atoms with Gasteiger partial charge in [0.15, 0.2) is 5.78 Å². The molecular weight excluding hydrogens is 204 g/mol. The summed E-state index contributed by atoms with van der Waals surface area (Å²) >= 11 is 0. The van der Waals surface area contributed by atoms with Gasteiger partial charge in [-0.3, -0.25) is 4.79 Å². The van der Waals surface area contributed by atoms with Crippen LogP contribution in [0.15, 0.2) is 11.1 Å². The van der Waals surface area contributed by atoms with Crippen LogP contribution in [0.4, 0.5) is 0 Å². The van der Waals surface area contributed by atoms with Crippen LogP contribution in [0.3, 0.4) is 0 Å². The minimum Gasteiger partial charge on any atom is -0.373 e. The fourth-order valence-corrected chi connectivity index (χ4v) is 3.84. The fourth-order valence-electron chi connectivity index (χ4n) is 3.84. The van der Waals surface area contributed by atoms with E-state index in [9.17, 15) is 4.79 Å². The molecule has 0 aromatic carbocycles. The molecule has 1 aliphatic carbocycles. The number of carbonyl (C=O) groups is 1. The lowest BCUT2D eigenvalue weighted by Crippen LogP contribution is -2.46. The number of carbonyl (C=O) groups excluding carboxylic acids is 1. The Hall–Kier alpha value is -0.670. The second-order valence-corrected chi connectivity index (χ2v) is 5.39. The van der Waals surface area contributed by atoms with Crippen molar-refractivity contribution in [1.29, 1.82) is 0 Å². The van der Waals surface area contributed by atoms with Gasteiger partial charge in [0.1, 0.15) is 6.10 Å². The molecule has 3 nitrogen and oxygen atoms in total. The number of ketones is 1. The highest BCUT2D eigenvalue weighted by molar-refractivity contribution is 5.91. The molecule has 2 bridgehead atoms. The molecular formula is C13H18O3. The highest BCUT2D eigenvalue weighted by Gasteiger charge is 2.59. The second kappa shape index (κ2) is 3.17. The molecule has 16 heavy (non-hydrogen) atoms. The average molecular weight is 222 g/mol. The summed E-state index contributed by atoms with van der Waals surface area (Å²) in [5, 5.41) is 0. The summed E-state index contributed by atoms with van der Waals surface area (Å²) in [7, 11) is 1.63. The Labute approximate surface area is 95.8 Å². The van der Waals surface area contributed by atoms with E-state index in [4.69, 9.17) is 9.47 Å². The first-order valence-corrected chi connectivity index (χ1v) is 6.00. The second-order valence-electron chi connectivity index (χ2n) is 5.39. The van der Waals surface area contributed by atoms with Crippen molar-refractivity contribution in [2.24, 2.45) is 5.41 Å². The summed E-state index contributed by atoms with van der Waals surface area (Å²) in [5.41, 5.74) is 2.37. The molecule has 4 atom stereocenters. The van der Waals surface area contributed by atoms with Crippen molar-refractivity contribution >= 4 is 5.78 Å². The first kappa shape index (κ1) is 10.5. The largest absolute Gasteiger partial charge is 0.373 e. The molecule has 0 aromatic heterocycles. The van der Waals surface area contributed by atoms with Crippen LogP contribution in [-0.2, 0) is 14.3 Å². The lowest BCUT2D eigenvalue weighted by Gasteiger charge is -2.40. The Morgan fingerprint density at radius 2 is 2.19 bits per heavy atom. The van der Waals surface area contributed by atoms with Crippen molar-refractivity contribution in [3.63, 3.8) is 0 Å². The minimum atomic E-state index is -0.304. The van der Waals surface area contributed by atoms with Crippen molar-refractivity contribution in [3.05, 3.63) is 11.1 Å². The lowest BCUT2D eigenvalue weighted by molar-refractivity contribution is -0.135. The number of methoxy groups -OCH3 is 1. The molecule has 1 saturated carbocycles. The van der Waals surface area contributed by atoms with E-state index in [1.165, 1.54) is 11.1 Å². The Bertz CT molecular complexity index is 385. The smallest absolute Gasteiger partial charge is 0.166 e. The van der Waals surface area contributed by atoms with Gasteiger partial charge in [-0.2, -0.15) is 0 Å². The quantitative estimate of drug-likeness (QED) is 0.635. The molecule has 1 saturated heterocycles. The molecule has 0 radical (unpaired) electrons. The van der Waals surface area contributed by atoms with E-state index in [0.717, 1.165) is 12.8 Å². The Morgan fingerprint density at radius 3 is 2.88 bits per heavy atom. The summed E-state index contributed by atoms with van der Waals surface area (Å²) in [6, 6.07) is 0. The maximum atomic E-state index is 12.0. The van der Waals surface area contributed by atoms with Crippen LogP contribution in [-0.4, -0.2) is 31.2 Å². The standard InChI is InChI=1S/C13H18O3/c1-7-8-6-9(14)12(15-3)13(8,2)11-5-4-10(7)16-11/h10-12H,4-6H2,1-3H3/t10-,11+,12-,13-/m1/s1. The summed E-state index contributed by atoms with van der Waals surface area (Å²) < 4.78 is 11.4. The maximum absolute atomic E-state index is 12.0. The van der Waals surface area contributed by atoms with Crippen molar-refractivity contribution < 1.29 is 14.3 Å². The first-order chi connectivity index (χ1) is 7.59. The summed E-state index contributed by atoms with van der Waals surface area (Å²) in [5.74, 6) is 0.218. The molecule has 3 rings (SSSR count). The van der Waals surface area contributed by atoms with E-state index in [1.54, 1.807) is 7.11 Å². The zero-order valence-electron chi connectivity index (χ0n) is 10.1. The third kappa shape index (κ3) is 1.03. The molecule has 2 heterocycles. The van der Waals surface area contributed by atoms with Gasteiger partial charge in [-0.15, -0.1) is 0 Å². The van der Waals surface area contributed by atoms with E-state index in [2.05, 4.69) is 13.8 Å². The van der Waals surface area contributed by atoms with Gasteiger partial charge >= 0.3 is 0 Å². The minimum absolute atomic E-state index is 0.174. The number of ether oxygens (including phenoxy) is 2. The SMILES string of the molecule is CO[C@@H]1C(=O)CC2=C(C)[C@H]3CC[C@H](O3)[C@@]21C. The Balaban J connectivity index is 2.15. The van der Waals surface area contributed by atoms with Crippen molar-refractivity contribution in [2.45, 2.75) is 51.4 Å². The van der Waals surface area contributed by atoms with Gasteiger partial charge in [0.2, 0.25) is 0 Å². The predicted molar refractivity (Wildman–Crippen MR) is 59.1 cm³/mol. The van der Waals surface area contributed by atoms with Gasteiger partial charge in [0.05, 0.1) is 12.2 Å². The van der Waals surface area contributed by atoms with Crippen LogP contribution < -0.4 is 0 Å².